The average molecular weight is 253 g/mol. The number of oxime groups is 1. The van der Waals surface area contributed by atoms with Gasteiger partial charge < -0.3 is 15.8 Å². The molecular weight excluding hydrogens is 238 g/mol. The molecule has 1 aromatic carbocycles. The van der Waals surface area contributed by atoms with Crippen LogP contribution < -0.4 is 5.73 Å². The predicted molar refractivity (Wildman–Crippen MR) is 68.6 cm³/mol. The highest BCUT2D eigenvalue weighted by molar-refractivity contribution is 7.98. The van der Waals surface area contributed by atoms with E-state index in [-0.39, 0.29) is 18.3 Å². The molecule has 1 amide bonds. The maximum Gasteiger partial charge on any atom is 0.255 e. The summed E-state index contributed by atoms with van der Waals surface area (Å²) in [5, 5.41) is 11.3. The van der Waals surface area contributed by atoms with Gasteiger partial charge in [-0.25, -0.2) is 0 Å². The molecule has 5 nitrogen and oxygen atoms in total. The molecule has 0 heterocycles. The maximum atomic E-state index is 12.1. The molecule has 0 aliphatic carbocycles. The molecule has 0 spiro atoms. The van der Waals surface area contributed by atoms with Gasteiger partial charge >= 0.3 is 0 Å². The molecule has 92 valence electrons. The van der Waals surface area contributed by atoms with Crippen molar-refractivity contribution in [2.75, 3.05) is 19.8 Å². The van der Waals surface area contributed by atoms with Gasteiger partial charge in [0.25, 0.3) is 5.91 Å². The SMILES string of the molecule is CSc1ccccc1C(=O)N(C)CC(N)=NO. The van der Waals surface area contributed by atoms with E-state index in [9.17, 15) is 4.79 Å². The number of thioether (sulfide) groups is 1. The van der Waals surface area contributed by atoms with Crippen LogP contribution >= 0.6 is 11.8 Å². The fourth-order valence-corrected chi connectivity index (χ4v) is 1.96. The van der Waals surface area contributed by atoms with E-state index in [4.69, 9.17) is 10.9 Å². The number of likely N-dealkylation sites (N-methyl/N-ethyl adjacent to an activating group) is 1. The third kappa shape index (κ3) is 3.39. The lowest BCUT2D eigenvalue weighted by Crippen LogP contribution is -2.35. The van der Waals surface area contributed by atoms with Gasteiger partial charge in [0.15, 0.2) is 5.84 Å². The number of nitrogens with two attached hydrogens (primary N) is 1. The van der Waals surface area contributed by atoms with E-state index in [0.29, 0.717) is 5.56 Å². The van der Waals surface area contributed by atoms with Crippen LogP contribution in [0.25, 0.3) is 0 Å². The van der Waals surface area contributed by atoms with Gasteiger partial charge in [0, 0.05) is 11.9 Å². The second-order valence-electron chi connectivity index (χ2n) is 3.45. The Morgan fingerprint density at radius 1 is 1.53 bits per heavy atom. The van der Waals surface area contributed by atoms with Crippen molar-refractivity contribution in [2.45, 2.75) is 4.90 Å². The fraction of sp³-hybridized carbons (Fsp3) is 0.273. The topological polar surface area (TPSA) is 78.9 Å². The Labute approximate surface area is 104 Å². The van der Waals surface area contributed by atoms with Gasteiger partial charge in [-0.05, 0) is 18.4 Å². The van der Waals surface area contributed by atoms with E-state index < -0.39 is 0 Å². The van der Waals surface area contributed by atoms with Gasteiger partial charge in [-0.3, -0.25) is 4.79 Å². The number of amidine groups is 1. The molecule has 0 radical (unpaired) electrons. The molecule has 0 aliphatic rings. The number of hydrogen-bond acceptors (Lipinski definition) is 4. The molecule has 0 aromatic heterocycles. The Hall–Kier alpha value is -1.69. The summed E-state index contributed by atoms with van der Waals surface area (Å²) in [6, 6.07) is 7.34. The second kappa shape index (κ2) is 6.15. The summed E-state index contributed by atoms with van der Waals surface area (Å²) in [7, 11) is 1.61. The first-order chi connectivity index (χ1) is 8.10. The maximum absolute atomic E-state index is 12.1. The molecule has 0 aliphatic heterocycles. The first-order valence-electron chi connectivity index (χ1n) is 4.95. The van der Waals surface area contributed by atoms with Crippen molar-refractivity contribution in [3.8, 4) is 0 Å². The molecule has 1 rings (SSSR count). The van der Waals surface area contributed by atoms with Crippen LogP contribution in [0.2, 0.25) is 0 Å². The van der Waals surface area contributed by atoms with Gasteiger partial charge in [0.05, 0.1) is 12.1 Å². The lowest BCUT2D eigenvalue weighted by atomic mass is 10.2. The van der Waals surface area contributed by atoms with E-state index in [1.165, 1.54) is 16.7 Å². The monoisotopic (exact) mass is 253 g/mol. The summed E-state index contributed by atoms with van der Waals surface area (Å²) in [6.45, 7) is 0.0953. The molecule has 0 atom stereocenters. The summed E-state index contributed by atoms with van der Waals surface area (Å²) < 4.78 is 0. The third-order valence-corrected chi connectivity index (χ3v) is 3.01. The van der Waals surface area contributed by atoms with Crippen LogP contribution in [0, 0.1) is 0 Å². The minimum absolute atomic E-state index is 0.00230. The minimum Gasteiger partial charge on any atom is -0.409 e. The van der Waals surface area contributed by atoms with E-state index in [2.05, 4.69) is 5.16 Å². The van der Waals surface area contributed by atoms with Crippen LogP contribution in [0.5, 0.6) is 0 Å². The van der Waals surface area contributed by atoms with E-state index in [1.807, 2.05) is 24.5 Å². The predicted octanol–water partition coefficient (Wildman–Crippen LogP) is 1.23. The van der Waals surface area contributed by atoms with Gasteiger partial charge in [-0.1, -0.05) is 17.3 Å². The van der Waals surface area contributed by atoms with E-state index in [0.717, 1.165) is 4.90 Å². The van der Waals surface area contributed by atoms with Gasteiger partial charge in [0.2, 0.25) is 0 Å². The number of carbonyl (C=O) groups excluding carboxylic acids is 1. The highest BCUT2D eigenvalue weighted by Crippen LogP contribution is 2.20. The molecular formula is C11H15N3O2S. The number of rotatable bonds is 4. The number of carbonyl (C=O) groups is 1. The molecule has 3 N–H and O–H groups in total. The first-order valence-corrected chi connectivity index (χ1v) is 6.17. The molecule has 0 saturated heterocycles. The zero-order valence-electron chi connectivity index (χ0n) is 9.75. The lowest BCUT2D eigenvalue weighted by Gasteiger charge is -2.17. The standard InChI is InChI=1S/C11H15N3O2S/c1-14(7-10(12)13-16)11(15)8-5-3-4-6-9(8)17-2/h3-6,16H,7H2,1-2H3,(H2,12,13). The highest BCUT2D eigenvalue weighted by atomic mass is 32.2. The smallest absolute Gasteiger partial charge is 0.255 e. The summed E-state index contributed by atoms with van der Waals surface area (Å²) in [5.41, 5.74) is 5.98. The number of hydrogen-bond donors (Lipinski definition) is 2. The largest absolute Gasteiger partial charge is 0.409 e. The van der Waals surface area contributed by atoms with Crippen LogP contribution in [-0.2, 0) is 0 Å². The van der Waals surface area contributed by atoms with Crippen LogP contribution in [0.4, 0.5) is 0 Å². The quantitative estimate of drug-likeness (QED) is 0.278. The lowest BCUT2D eigenvalue weighted by molar-refractivity contribution is 0.0810. The molecule has 6 heteroatoms. The molecule has 0 bridgehead atoms. The van der Waals surface area contributed by atoms with Gasteiger partial charge in [0.1, 0.15) is 0 Å². The number of nitrogens with zero attached hydrogens (tertiary/aromatic N) is 2. The number of amides is 1. The summed E-state index contributed by atoms with van der Waals surface area (Å²) in [6.07, 6.45) is 1.91. The Kier molecular flexibility index (Phi) is 4.84. The average Bonchev–Trinajstić information content (AvgIpc) is 2.37. The summed E-state index contributed by atoms with van der Waals surface area (Å²) in [5.74, 6) is -0.149. The van der Waals surface area contributed by atoms with Crippen LogP contribution in [0.3, 0.4) is 0 Å². The van der Waals surface area contributed by atoms with Gasteiger partial charge in [-0.2, -0.15) is 0 Å². The second-order valence-corrected chi connectivity index (χ2v) is 4.30. The Bertz CT molecular complexity index is 434. The van der Waals surface area contributed by atoms with Crippen molar-refractivity contribution in [3.05, 3.63) is 29.8 Å². The van der Waals surface area contributed by atoms with Gasteiger partial charge in [-0.15, -0.1) is 11.8 Å². The summed E-state index contributed by atoms with van der Waals surface area (Å²) in [4.78, 5) is 14.4. The molecule has 1 aromatic rings. The van der Waals surface area contributed by atoms with Crippen molar-refractivity contribution >= 4 is 23.5 Å². The highest BCUT2D eigenvalue weighted by Gasteiger charge is 2.15. The molecule has 17 heavy (non-hydrogen) atoms. The number of benzene rings is 1. The van der Waals surface area contributed by atoms with Crippen LogP contribution in [0.15, 0.2) is 34.3 Å². The minimum atomic E-state index is -0.151. The third-order valence-electron chi connectivity index (χ3n) is 2.21. The zero-order valence-corrected chi connectivity index (χ0v) is 10.6. The molecule has 0 unspecified atom stereocenters. The normalized spacial score (nSPS) is 11.3. The Balaban J connectivity index is 2.88. The Morgan fingerprint density at radius 3 is 2.76 bits per heavy atom. The van der Waals surface area contributed by atoms with Crippen molar-refractivity contribution in [3.63, 3.8) is 0 Å². The fourth-order valence-electron chi connectivity index (χ4n) is 1.37. The van der Waals surface area contributed by atoms with Crippen molar-refractivity contribution in [1.82, 2.24) is 4.90 Å². The van der Waals surface area contributed by atoms with E-state index in [1.54, 1.807) is 13.1 Å². The zero-order chi connectivity index (χ0) is 12.8. The summed E-state index contributed by atoms with van der Waals surface area (Å²) >= 11 is 1.51. The molecule has 0 saturated carbocycles. The first kappa shape index (κ1) is 13.4. The molecule has 0 fully saturated rings. The Morgan fingerprint density at radius 2 is 2.18 bits per heavy atom. The van der Waals surface area contributed by atoms with Crippen molar-refractivity contribution in [1.29, 1.82) is 0 Å². The van der Waals surface area contributed by atoms with E-state index >= 15 is 0 Å². The van der Waals surface area contributed by atoms with Crippen molar-refractivity contribution < 1.29 is 10.0 Å². The van der Waals surface area contributed by atoms with Crippen LogP contribution in [0.1, 0.15) is 10.4 Å². The van der Waals surface area contributed by atoms with Crippen LogP contribution in [-0.4, -0.2) is 41.7 Å². The van der Waals surface area contributed by atoms with Crippen molar-refractivity contribution in [2.24, 2.45) is 10.9 Å².